The highest BCUT2D eigenvalue weighted by Crippen LogP contribution is 2.40. The number of Topliss-reactive ketones (excluding diaryl/α,β-unsaturated/α-hetero) is 1. The Morgan fingerprint density at radius 2 is 1.86 bits per heavy atom. The van der Waals surface area contributed by atoms with Crippen molar-refractivity contribution in [2.75, 3.05) is 7.11 Å². The number of carbonyl (C=O) groups excluding carboxylic acids is 2. The van der Waals surface area contributed by atoms with Gasteiger partial charge in [0.2, 0.25) is 0 Å². The molecule has 3 rings (SSSR count). The number of ether oxygens (including phenoxy) is 1. The molecule has 0 aromatic heterocycles. The zero-order valence-corrected chi connectivity index (χ0v) is 13.4. The molecule has 1 aromatic rings. The lowest BCUT2D eigenvalue weighted by Gasteiger charge is -2.35. The number of esters is 1. The van der Waals surface area contributed by atoms with E-state index in [2.05, 4.69) is 13.0 Å². The average Bonchev–Trinajstić information content (AvgIpc) is 2.55. The molecule has 0 heterocycles. The van der Waals surface area contributed by atoms with Crippen LogP contribution in [-0.4, -0.2) is 18.9 Å². The first-order chi connectivity index (χ1) is 10.6. The Morgan fingerprint density at radius 1 is 1.14 bits per heavy atom. The second kappa shape index (κ2) is 6.23. The van der Waals surface area contributed by atoms with E-state index in [1.54, 1.807) is 0 Å². The Bertz CT molecular complexity index is 582. The molecule has 0 saturated heterocycles. The molecule has 2 aliphatic rings. The van der Waals surface area contributed by atoms with Gasteiger partial charge in [-0.2, -0.15) is 0 Å². The van der Waals surface area contributed by atoms with Gasteiger partial charge < -0.3 is 4.74 Å². The van der Waals surface area contributed by atoms with E-state index < -0.39 is 0 Å². The van der Waals surface area contributed by atoms with Gasteiger partial charge in [-0.3, -0.25) is 9.59 Å². The molecule has 0 bridgehead atoms. The van der Waals surface area contributed by atoms with Gasteiger partial charge >= 0.3 is 5.97 Å². The summed E-state index contributed by atoms with van der Waals surface area (Å²) in [5.41, 5.74) is 3.41. The van der Waals surface area contributed by atoms with Crippen LogP contribution >= 0.6 is 0 Å². The van der Waals surface area contributed by atoms with E-state index in [1.165, 1.54) is 18.2 Å². The van der Waals surface area contributed by atoms with Crippen LogP contribution in [0.4, 0.5) is 0 Å². The number of hydrogen-bond acceptors (Lipinski definition) is 3. The molecule has 0 aliphatic heterocycles. The summed E-state index contributed by atoms with van der Waals surface area (Å²) in [5.74, 6) is 0.852. The minimum absolute atomic E-state index is 0.0365. The molecule has 22 heavy (non-hydrogen) atoms. The van der Waals surface area contributed by atoms with Gasteiger partial charge in [0, 0.05) is 11.5 Å². The van der Waals surface area contributed by atoms with Crippen molar-refractivity contribution in [3.05, 3.63) is 34.9 Å². The van der Waals surface area contributed by atoms with Crippen molar-refractivity contribution in [3.63, 3.8) is 0 Å². The molecule has 0 amide bonds. The molecule has 1 unspecified atom stereocenters. The van der Waals surface area contributed by atoms with Gasteiger partial charge in [-0.05, 0) is 62.5 Å². The molecule has 1 saturated carbocycles. The molecule has 0 radical (unpaired) electrons. The fourth-order valence-electron chi connectivity index (χ4n) is 4.27. The van der Waals surface area contributed by atoms with Gasteiger partial charge in [-0.25, -0.2) is 0 Å². The summed E-state index contributed by atoms with van der Waals surface area (Å²) >= 11 is 0. The zero-order valence-electron chi connectivity index (χ0n) is 13.4. The lowest BCUT2D eigenvalue weighted by molar-refractivity contribution is -0.146. The number of fused-ring (bicyclic) bond motifs is 1. The van der Waals surface area contributed by atoms with Gasteiger partial charge in [0.25, 0.3) is 0 Å². The second-order valence-corrected chi connectivity index (χ2v) is 6.75. The van der Waals surface area contributed by atoms with E-state index in [0.29, 0.717) is 11.7 Å². The van der Waals surface area contributed by atoms with Crippen LogP contribution in [0.15, 0.2) is 18.2 Å². The Morgan fingerprint density at radius 3 is 2.55 bits per heavy atom. The maximum atomic E-state index is 12.8. The predicted octanol–water partition coefficient (Wildman–Crippen LogP) is 3.72. The third-order valence-corrected chi connectivity index (χ3v) is 5.59. The average molecular weight is 300 g/mol. The number of methoxy groups -OCH3 is 1. The number of rotatable bonds is 2. The summed E-state index contributed by atoms with van der Waals surface area (Å²) < 4.78 is 4.85. The van der Waals surface area contributed by atoms with Crippen LogP contribution in [0, 0.1) is 24.7 Å². The first kappa shape index (κ1) is 15.3. The van der Waals surface area contributed by atoms with Gasteiger partial charge in [0.05, 0.1) is 13.0 Å². The van der Waals surface area contributed by atoms with E-state index in [4.69, 9.17) is 4.74 Å². The third-order valence-electron chi connectivity index (χ3n) is 5.59. The number of hydrogen-bond donors (Lipinski definition) is 0. The molecule has 1 aromatic carbocycles. The smallest absolute Gasteiger partial charge is 0.308 e. The molecule has 0 N–H and O–H groups in total. The Balaban J connectivity index is 1.70. The predicted molar refractivity (Wildman–Crippen MR) is 84.8 cm³/mol. The first-order valence-corrected chi connectivity index (χ1v) is 8.32. The summed E-state index contributed by atoms with van der Waals surface area (Å²) in [4.78, 5) is 24.5. The summed E-state index contributed by atoms with van der Waals surface area (Å²) in [6.07, 6.45) is 5.64. The molecular weight excluding hydrogens is 276 g/mol. The molecular formula is C19H24O3. The van der Waals surface area contributed by atoms with Crippen LogP contribution in [0.1, 0.15) is 53.6 Å². The fraction of sp³-hybridized carbons (Fsp3) is 0.579. The van der Waals surface area contributed by atoms with Crippen molar-refractivity contribution in [2.45, 2.75) is 45.4 Å². The van der Waals surface area contributed by atoms with E-state index in [1.807, 2.05) is 12.1 Å². The lowest BCUT2D eigenvalue weighted by atomic mass is 9.69. The first-order valence-electron chi connectivity index (χ1n) is 8.32. The largest absolute Gasteiger partial charge is 0.469 e. The van der Waals surface area contributed by atoms with Crippen LogP contribution in [0.3, 0.4) is 0 Å². The minimum atomic E-state index is -0.0885. The number of ketones is 1. The Labute approximate surface area is 132 Å². The number of carbonyl (C=O) groups is 2. The van der Waals surface area contributed by atoms with Crippen molar-refractivity contribution < 1.29 is 14.3 Å². The summed E-state index contributed by atoms with van der Waals surface area (Å²) in [5, 5.41) is 0. The second-order valence-electron chi connectivity index (χ2n) is 6.75. The number of benzene rings is 1. The Hall–Kier alpha value is -1.64. The van der Waals surface area contributed by atoms with Crippen molar-refractivity contribution in [2.24, 2.45) is 17.8 Å². The molecule has 3 heteroatoms. The van der Waals surface area contributed by atoms with Crippen LogP contribution in [-0.2, 0) is 16.0 Å². The summed E-state index contributed by atoms with van der Waals surface area (Å²) in [6, 6.07) is 6.06. The lowest BCUT2D eigenvalue weighted by Crippen LogP contribution is -2.33. The van der Waals surface area contributed by atoms with E-state index in [0.717, 1.165) is 44.1 Å². The normalized spacial score (nSPS) is 28.1. The maximum Gasteiger partial charge on any atom is 0.308 e. The van der Waals surface area contributed by atoms with Crippen molar-refractivity contribution >= 4 is 11.8 Å². The van der Waals surface area contributed by atoms with E-state index in [-0.39, 0.29) is 17.8 Å². The molecule has 1 atom stereocenters. The summed E-state index contributed by atoms with van der Waals surface area (Å²) in [6.45, 7) is 2.09. The van der Waals surface area contributed by atoms with Crippen LogP contribution in [0.2, 0.25) is 0 Å². The Kier molecular flexibility index (Phi) is 4.32. The van der Waals surface area contributed by atoms with Gasteiger partial charge in [-0.15, -0.1) is 0 Å². The van der Waals surface area contributed by atoms with Gasteiger partial charge in [-0.1, -0.05) is 18.2 Å². The van der Waals surface area contributed by atoms with Crippen molar-refractivity contribution in [1.82, 2.24) is 0 Å². The highest BCUT2D eigenvalue weighted by molar-refractivity contribution is 6.00. The molecule has 3 nitrogen and oxygen atoms in total. The highest BCUT2D eigenvalue weighted by Gasteiger charge is 2.37. The monoisotopic (exact) mass is 300 g/mol. The minimum Gasteiger partial charge on any atom is -0.469 e. The quantitative estimate of drug-likeness (QED) is 0.782. The van der Waals surface area contributed by atoms with E-state index >= 15 is 0 Å². The van der Waals surface area contributed by atoms with Crippen molar-refractivity contribution in [1.29, 1.82) is 0 Å². The number of aryl methyl sites for hydroxylation is 1. The molecule has 118 valence electrons. The molecule has 0 spiro atoms. The zero-order chi connectivity index (χ0) is 15.7. The molecule has 1 fully saturated rings. The summed E-state index contributed by atoms with van der Waals surface area (Å²) in [7, 11) is 1.46. The highest BCUT2D eigenvalue weighted by atomic mass is 16.5. The fourth-order valence-corrected chi connectivity index (χ4v) is 4.27. The van der Waals surface area contributed by atoms with E-state index in [9.17, 15) is 9.59 Å². The van der Waals surface area contributed by atoms with Crippen LogP contribution in [0.5, 0.6) is 0 Å². The van der Waals surface area contributed by atoms with Crippen LogP contribution in [0.25, 0.3) is 0 Å². The van der Waals surface area contributed by atoms with Gasteiger partial charge in [0.1, 0.15) is 0 Å². The molecule has 2 aliphatic carbocycles. The maximum absolute atomic E-state index is 12.8. The SMILES string of the molecule is COC(=O)C1CCC(C2CCc3c(C)cccc3C2=O)CC1. The van der Waals surface area contributed by atoms with Crippen molar-refractivity contribution in [3.8, 4) is 0 Å². The standard InChI is InChI=1S/C19H24O3/c1-12-4-3-5-17-15(12)10-11-16(18(17)20)13-6-8-14(9-7-13)19(21)22-2/h3-5,13-14,16H,6-11H2,1-2H3. The third kappa shape index (κ3) is 2.69. The van der Waals surface area contributed by atoms with Gasteiger partial charge in [0.15, 0.2) is 5.78 Å². The van der Waals surface area contributed by atoms with Crippen LogP contribution < -0.4 is 0 Å². The topological polar surface area (TPSA) is 43.4 Å².